The molecule has 4 N–H and O–H groups in total. The molecule has 0 spiro atoms. The lowest BCUT2D eigenvalue weighted by atomic mass is 10.1. The molecule has 0 aliphatic heterocycles. The van der Waals surface area contributed by atoms with Crippen molar-refractivity contribution in [3.8, 4) is 0 Å². The van der Waals surface area contributed by atoms with Crippen LogP contribution in [0.2, 0.25) is 0 Å². The van der Waals surface area contributed by atoms with Gasteiger partial charge in [0.1, 0.15) is 5.60 Å². The predicted molar refractivity (Wildman–Crippen MR) is 85.4 cm³/mol. The summed E-state index contributed by atoms with van der Waals surface area (Å²) >= 11 is 0. The van der Waals surface area contributed by atoms with E-state index in [0.717, 1.165) is 19.3 Å². The number of hydrogen-bond donors (Lipinski definition) is 3. The maximum Gasteiger partial charge on any atom is 0.407 e. The zero-order valence-electron chi connectivity index (χ0n) is 14.2. The van der Waals surface area contributed by atoms with Gasteiger partial charge in [-0.1, -0.05) is 6.92 Å². The number of carbonyl (C=O) groups is 1. The van der Waals surface area contributed by atoms with Crippen molar-refractivity contribution in [2.45, 2.75) is 64.6 Å². The normalized spacial score (nSPS) is 14.6. The molecule has 0 fully saturated rings. The summed E-state index contributed by atoms with van der Waals surface area (Å²) < 4.78 is 10.5. The third kappa shape index (κ3) is 11.5. The summed E-state index contributed by atoms with van der Waals surface area (Å²) in [4.78, 5) is 11.7. The Balaban J connectivity index is 4.20. The molecule has 0 aromatic carbocycles. The predicted octanol–water partition coefficient (Wildman–Crippen LogP) is 1.63. The Bertz CT molecular complexity index is 280. The minimum atomic E-state index is -0.473. The Morgan fingerprint density at radius 3 is 2.43 bits per heavy atom. The van der Waals surface area contributed by atoms with Gasteiger partial charge >= 0.3 is 6.09 Å². The first-order valence-corrected chi connectivity index (χ1v) is 7.74. The number of rotatable bonds is 10. The first-order chi connectivity index (χ1) is 9.82. The van der Waals surface area contributed by atoms with Crippen molar-refractivity contribution < 1.29 is 14.3 Å². The van der Waals surface area contributed by atoms with Crippen molar-refractivity contribution in [1.29, 1.82) is 0 Å². The van der Waals surface area contributed by atoms with E-state index in [0.29, 0.717) is 19.7 Å². The molecule has 0 radical (unpaired) electrons. The summed E-state index contributed by atoms with van der Waals surface area (Å²) in [5.74, 6) is 0. The Morgan fingerprint density at radius 2 is 1.95 bits per heavy atom. The molecular formula is C15H33N3O3. The molecule has 2 unspecified atom stereocenters. The van der Waals surface area contributed by atoms with Gasteiger partial charge in [0.15, 0.2) is 0 Å². The van der Waals surface area contributed by atoms with Gasteiger partial charge in [-0.25, -0.2) is 4.79 Å². The zero-order valence-corrected chi connectivity index (χ0v) is 14.2. The SMILES string of the molecule is CCC(CNC(=O)OC(C)(C)C)NC(CCCN)COC. The van der Waals surface area contributed by atoms with Crippen LogP contribution in [0, 0.1) is 0 Å². The van der Waals surface area contributed by atoms with Crippen LogP contribution in [0.25, 0.3) is 0 Å². The van der Waals surface area contributed by atoms with Gasteiger partial charge in [-0.2, -0.15) is 0 Å². The third-order valence-electron chi connectivity index (χ3n) is 2.98. The minimum absolute atomic E-state index is 0.190. The van der Waals surface area contributed by atoms with E-state index in [2.05, 4.69) is 17.6 Å². The number of alkyl carbamates (subject to hydrolysis) is 1. The van der Waals surface area contributed by atoms with E-state index in [1.54, 1.807) is 7.11 Å². The number of amides is 1. The molecule has 0 rings (SSSR count). The van der Waals surface area contributed by atoms with Crippen LogP contribution < -0.4 is 16.4 Å². The highest BCUT2D eigenvalue weighted by Gasteiger charge is 2.18. The van der Waals surface area contributed by atoms with E-state index in [4.69, 9.17) is 15.2 Å². The number of nitrogens with one attached hydrogen (secondary N) is 2. The van der Waals surface area contributed by atoms with Crippen molar-refractivity contribution in [3.63, 3.8) is 0 Å². The molecule has 1 amide bonds. The monoisotopic (exact) mass is 303 g/mol. The highest BCUT2D eigenvalue weighted by Crippen LogP contribution is 2.06. The van der Waals surface area contributed by atoms with Gasteiger partial charge in [0.05, 0.1) is 6.61 Å². The Labute approximate surface area is 129 Å². The molecule has 0 bridgehead atoms. The quantitative estimate of drug-likeness (QED) is 0.571. The average Bonchev–Trinajstić information content (AvgIpc) is 2.38. The van der Waals surface area contributed by atoms with Crippen molar-refractivity contribution >= 4 is 6.09 Å². The summed E-state index contributed by atoms with van der Waals surface area (Å²) in [6.07, 6.45) is 2.45. The van der Waals surface area contributed by atoms with Crippen LogP contribution in [-0.2, 0) is 9.47 Å². The van der Waals surface area contributed by atoms with Gasteiger partial charge in [0.2, 0.25) is 0 Å². The van der Waals surface area contributed by atoms with Gasteiger partial charge in [0.25, 0.3) is 0 Å². The number of nitrogens with two attached hydrogens (primary N) is 1. The largest absolute Gasteiger partial charge is 0.444 e. The van der Waals surface area contributed by atoms with Crippen molar-refractivity contribution in [1.82, 2.24) is 10.6 Å². The fraction of sp³-hybridized carbons (Fsp3) is 0.933. The molecule has 0 aromatic heterocycles. The summed E-state index contributed by atoms with van der Waals surface area (Å²) in [5, 5.41) is 6.31. The number of ether oxygens (including phenoxy) is 2. The highest BCUT2D eigenvalue weighted by atomic mass is 16.6. The van der Waals surface area contributed by atoms with E-state index in [1.807, 2.05) is 20.8 Å². The average molecular weight is 303 g/mol. The summed E-state index contributed by atoms with van der Waals surface area (Å²) in [5.41, 5.74) is 5.08. The number of methoxy groups -OCH3 is 1. The van der Waals surface area contributed by atoms with Crippen LogP contribution in [0.3, 0.4) is 0 Å². The molecule has 21 heavy (non-hydrogen) atoms. The van der Waals surface area contributed by atoms with Crippen LogP contribution >= 0.6 is 0 Å². The summed E-state index contributed by atoms with van der Waals surface area (Å²) in [7, 11) is 1.69. The van der Waals surface area contributed by atoms with Crippen LogP contribution in [0.1, 0.15) is 47.0 Å². The molecule has 0 aromatic rings. The standard InChI is InChI=1S/C15H33N3O3/c1-6-12(10-17-14(19)21-15(2,3)4)18-13(11-20-5)8-7-9-16/h12-13,18H,6-11,16H2,1-5H3,(H,17,19). The molecule has 6 nitrogen and oxygen atoms in total. The maximum absolute atomic E-state index is 11.7. The molecule has 6 heteroatoms. The molecule has 0 aliphatic rings. The minimum Gasteiger partial charge on any atom is -0.444 e. The van der Waals surface area contributed by atoms with Crippen molar-refractivity contribution in [3.05, 3.63) is 0 Å². The van der Waals surface area contributed by atoms with Crippen LogP contribution in [0.5, 0.6) is 0 Å². The van der Waals surface area contributed by atoms with Crippen LogP contribution in [0.4, 0.5) is 4.79 Å². The maximum atomic E-state index is 11.7. The fourth-order valence-corrected chi connectivity index (χ4v) is 1.96. The van der Waals surface area contributed by atoms with Gasteiger partial charge < -0.3 is 25.8 Å². The summed E-state index contributed by atoms with van der Waals surface area (Å²) in [6, 6.07) is 0.444. The third-order valence-corrected chi connectivity index (χ3v) is 2.98. The Kier molecular flexibility index (Phi) is 10.4. The Hall–Kier alpha value is -0.850. The lowest BCUT2D eigenvalue weighted by Gasteiger charge is -2.26. The molecule has 0 saturated carbocycles. The highest BCUT2D eigenvalue weighted by molar-refractivity contribution is 5.67. The number of hydrogen-bond acceptors (Lipinski definition) is 5. The first-order valence-electron chi connectivity index (χ1n) is 7.74. The lowest BCUT2D eigenvalue weighted by Crippen LogP contribution is -2.47. The van der Waals surface area contributed by atoms with Gasteiger partial charge in [-0.15, -0.1) is 0 Å². The lowest BCUT2D eigenvalue weighted by molar-refractivity contribution is 0.0519. The van der Waals surface area contributed by atoms with Gasteiger partial charge in [0, 0.05) is 25.7 Å². The molecule has 126 valence electrons. The van der Waals surface area contributed by atoms with E-state index in [-0.39, 0.29) is 18.2 Å². The first kappa shape index (κ1) is 20.1. The van der Waals surface area contributed by atoms with Crippen molar-refractivity contribution in [2.75, 3.05) is 26.8 Å². The second-order valence-corrected chi connectivity index (χ2v) is 6.24. The van der Waals surface area contributed by atoms with Crippen LogP contribution in [-0.4, -0.2) is 50.6 Å². The molecular weight excluding hydrogens is 270 g/mol. The topological polar surface area (TPSA) is 85.6 Å². The molecule has 2 atom stereocenters. The van der Waals surface area contributed by atoms with E-state index in [1.165, 1.54) is 0 Å². The fourth-order valence-electron chi connectivity index (χ4n) is 1.96. The second-order valence-electron chi connectivity index (χ2n) is 6.24. The van der Waals surface area contributed by atoms with Crippen LogP contribution in [0.15, 0.2) is 0 Å². The Morgan fingerprint density at radius 1 is 1.29 bits per heavy atom. The summed E-state index contributed by atoms with van der Waals surface area (Å²) in [6.45, 7) is 9.49. The zero-order chi connectivity index (χ0) is 16.3. The van der Waals surface area contributed by atoms with E-state index in [9.17, 15) is 4.79 Å². The van der Waals surface area contributed by atoms with Gasteiger partial charge in [-0.3, -0.25) is 0 Å². The number of carbonyl (C=O) groups excluding carboxylic acids is 1. The molecule has 0 aliphatic carbocycles. The second kappa shape index (κ2) is 10.8. The van der Waals surface area contributed by atoms with Crippen molar-refractivity contribution in [2.24, 2.45) is 5.73 Å². The van der Waals surface area contributed by atoms with Gasteiger partial charge in [-0.05, 0) is 46.6 Å². The molecule has 0 saturated heterocycles. The molecule has 0 heterocycles. The van der Waals surface area contributed by atoms with E-state index < -0.39 is 5.60 Å². The van der Waals surface area contributed by atoms with E-state index >= 15 is 0 Å². The smallest absolute Gasteiger partial charge is 0.407 e.